The minimum Gasteiger partial charge on any atom is -0.356 e. The molecule has 3 rings (SSSR count). The molecule has 1 N–H and O–H groups in total. The van der Waals surface area contributed by atoms with Crippen molar-refractivity contribution in [1.82, 2.24) is 5.32 Å². The van der Waals surface area contributed by atoms with Crippen LogP contribution in [0.5, 0.6) is 0 Å². The minimum atomic E-state index is -0.602. The number of hydrogen-bond acceptors (Lipinski definition) is 4. The molecule has 0 aromatic heterocycles. The van der Waals surface area contributed by atoms with E-state index in [1.807, 2.05) is 37.3 Å². The van der Waals surface area contributed by atoms with Gasteiger partial charge < -0.3 is 19.7 Å². The van der Waals surface area contributed by atoms with Gasteiger partial charge in [0.1, 0.15) is 0 Å². The van der Waals surface area contributed by atoms with Crippen LogP contribution in [0.1, 0.15) is 19.8 Å². The van der Waals surface area contributed by atoms with E-state index >= 15 is 0 Å². The summed E-state index contributed by atoms with van der Waals surface area (Å²) < 4.78 is 11.0. The highest BCUT2D eigenvalue weighted by molar-refractivity contribution is 6.00. The van der Waals surface area contributed by atoms with Crippen LogP contribution in [0, 0.1) is 5.92 Å². The van der Waals surface area contributed by atoms with E-state index in [4.69, 9.17) is 9.47 Å². The van der Waals surface area contributed by atoms with Gasteiger partial charge in [-0.2, -0.15) is 0 Å². The van der Waals surface area contributed by atoms with E-state index in [-0.39, 0.29) is 24.2 Å². The monoisotopic (exact) mass is 318 g/mol. The van der Waals surface area contributed by atoms with Gasteiger partial charge in [0.05, 0.1) is 19.1 Å². The molecule has 124 valence electrons. The summed E-state index contributed by atoms with van der Waals surface area (Å²) in [5.74, 6) is -1.00. The van der Waals surface area contributed by atoms with Crippen LogP contribution in [0.25, 0.3) is 0 Å². The zero-order valence-corrected chi connectivity index (χ0v) is 13.3. The summed E-state index contributed by atoms with van der Waals surface area (Å²) in [4.78, 5) is 26.1. The number of para-hydroxylation sites is 1. The van der Waals surface area contributed by atoms with Crippen molar-refractivity contribution >= 4 is 17.5 Å². The molecule has 0 bridgehead atoms. The second-order valence-corrected chi connectivity index (χ2v) is 6.11. The highest BCUT2D eigenvalue weighted by Gasteiger charge is 2.35. The molecule has 0 radical (unpaired) electrons. The second-order valence-electron chi connectivity index (χ2n) is 6.11. The first-order chi connectivity index (χ1) is 11.1. The number of ether oxygens (including phenoxy) is 2. The Morgan fingerprint density at radius 2 is 2.00 bits per heavy atom. The maximum absolute atomic E-state index is 12.3. The SMILES string of the molecule is CC1(CCNC(=O)C2CC(=O)N(c3ccccc3)C2)OCCO1. The van der Waals surface area contributed by atoms with E-state index < -0.39 is 5.79 Å². The van der Waals surface area contributed by atoms with Gasteiger partial charge in [-0.05, 0) is 19.1 Å². The van der Waals surface area contributed by atoms with Crippen LogP contribution in [-0.2, 0) is 19.1 Å². The summed E-state index contributed by atoms with van der Waals surface area (Å²) in [7, 11) is 0. The summed E-state index contributed by atoms with van der Waals surface area (Å²) in [6, 6.07) is 9.44. The van der Waals surface area contributed by atoms with Crippen molar-refractivity contribution in [3.8, 4) is 0 Å². The lowest BCUT2D eigenvalue weighted by Gasteiger charge is -2.22. The van der Waals surface area contributed by atoms with Gasteiger partial charge in [0, 0.05) is 31.6 Å². The van der Waals surface area contributed by atoms with Crippen LogP contribution in [0.15, 0.2) is 30.3 Å². The van der Waals surface area contributed by atoms with Gasteiger partial charge in [0.2, 0.25) is 11.8 Å². The molecule has 2 amide bonds. The third-order valence-corrected chi connectivity index (χ3v) is 4.34. The van der Waals surface area contributed by atoms with E-state index in [1.165, 1.54) is 0 Å². The highest BCUT2D eigenvalue weighted by atomic mass is 16.7. The molecule has 2 aliphatic heterocycles. The third-order valence-electron chi connectivity index (χ3n) is 4.34. The fourth-order valence-corrected chi connectivity index (χ4v) is 3.00. The van der Waals surface area contributed by atoms with Crippen LogP contribution < -0.4 is 10.2 Å². The van der Waals surface area contributed by atoms with E-state index in [0.717, 1.165) is 5.69 Å². The summed E-state index contributed by atoms with van der Waals surface area (Å²) >= 11 is 0. The number of benzene rings is 1. The molecule has 2 saturated heterocycles. The molecule has 1 atom stereocenters. The Balaban J connectivity index is 1.50. The van der Waals surface area contributed by atoms with E-state index in [9.17, 15) is 9.59 Å². The van der Waals surface area contributed by atoms with Gasteiger partial charge in [-0.1, -0.05) is 18.2 Å². The van der Waals surface area contributed by atoms with E-state index in [0.29, 0.717) is 32.7 Å². The largest absolute Gasteiger partial charge is 0.356 e. The maximum atomic E-state index is 12.3. The van der Waals surface area contributed by atoms with Gasteiger partial charge in [-0.15, -0.1) is 0 Å². The lowest BCUT2D eigenvalue weighted by atomic mass is 10.1. The molecule has 6 heteroatoms. The fourth-order valence-electron chi connectivity index (χ4n) is 3.00. The van der Waals surface area contributed by atoms with Crippen molar-refractivity contribution in [2.24, 2.45) is 5.92 Å². The van der Waals surface area contributed by atoms with Crippen LogP contribution >= 0.6 is 0 Å². The Hall–Kier alpha value is -1.92. The second kappa shape index (κ2) is 6.68. The lowest BCUT2D eigenvalue weighted by Crippen LogP contribution is -2.37. The number of carbonyl (C=O) groups is 2. The Bertz CT molecular complexity index is 569. The highest BCUT2D eigenvalue weighted by Crippen LogP contribution is 2.25. The van der Waals surface area contributed by atoms with E-state index in [1.54, 1.807) is 4.90 Å². The lowest BCUT2D eigenvalue weighted by molar-refractivity contribution is -0.147. The number of rotatable bonds is 5. The number of nitrogens with zero attached hydrogens (tertiary/aromatic N) is 1. The topological polar surface area (TPSA) is 67.9 Å². The first kappa shape index (κ1) is 16.0. The molecule has 2 fully saturated rings. The van der Waals surface area contributed by atoms with Gasteiger partial charge in [-0.3, -0.25) is 9.59 Å². The molecule has 1 aromatic rings. The quantitative estimate of drug-likeness (QED) is 0.889. The Kier molecular flexibility index (Phi) is 4.63. The Morgan fingerprint density at radius 3 is 2.70 bits per heavy atom. The summed E-state index contributed by atoms with van der Waals surface area (Å²) in [5, 5.41) is 2.89. The average Bonchev–Trinajstić information content (AvgIpc) is 3.15. The van der Waals surface area contributed by atoms with Crippen molar-refractivity contribution in [3.05, 3.63) is 30.3 Å². The van der Waals surface area contributed by atoms with Gasteiger partial charge >= 0.3 is 0 Å². The van der Waals surface area contributed by atoms with Gasteiger partial charge in [0.15, 0.2) is 5.79 Å². The smallest absolute Gasteiger partial charge is 0.227 e. The zero-order valence-electron chi connectivity index (χ0n) is 13.3. The Labute approximate surface area is 135 Å². The van der Waals surface area contributed by atoms with Crippen molar-refractivity contribution in [1.29, 1.82) is 0 Å². The maximum Gasteiger partial charge on any atom is 0.227 e. The van der Waals surface area contributed by atoms with Crippen LogP contribution in [0.3, 0.4) is 0 Å². The van der Waals surface area contributed by atoms with Crippen molar-refractivity contribution in [2.45, 2.75) is 25.6 Å². The van der Waals surface area contributed by atoms with Crippen molar-refractivity contribution in [3.63, 3.8) is 0 Å². The van der Waals surface area contributed by atoms with Crippen LogP contribution in [0.4, 0.5) is 5.69 Å². The van der Waals surface area contributed by atoms with Crippen molar-refractivity contribution in [2.75, 3.05) is 31.2 Å². The Morgan fingerprint density at radius 1 is 1.30 bits per heavy atom. The molecular weight excluding hydrogens is 296 g/mol. The van der Waals surface area contributed by atoms with E-state index in [2.05, 4.69) is 5.32 Å². The van der Waals surface area contributed by atoms with Crippen molar-refractivity contribution < 1.29 is 19.1 Å². The number of carbonyl (C=O) groups excluding carboxylic acids is 2. The summed E-state index contributed by atoms with van der Waals surface area (Å²) in [5.41, 5.74) is 0.841. The van der Waals surface area contributed by atoms with Gasteiger partial charge in [0.25, 0.3) is 0 Å². The molecule has 2 aliphatic rings. The number of anilines is 1. The third kappa shape index (κ3) is 3.71. The molecule has 6 nitrogen and oxygen atoms in total. The molecule has 23 heavy (non-hydrogen) atoms. The molecule has 0 aliphatic carbocycles. The number of nitrogens with one attached hydrogen (secondary N) is 1. The first-order valence-corrected chi connectivity index (χ1v) is 7.98. The minimum absolute atomic E-state index is 0.00855. The zero-order chi connectivity index (χ0) is 16.3. The summed E-state index contributed by atoms with van der Waals surface area (Å²) in [6.45, 7) is 3.97. The van der Waals surface area contributed by atoms with Gasteiger partial charge in [-0.25, -0.2) is 0 Å². The standard InChI is InChI=1S/C17H22N2O4/c1-17(22-9-10-23-17)7-8-18-16(21)13-11-15(20)19(12-13)14-5-3-2-4-6-14/h2-6,13H,7-12H2,1H3,(H,18,21). The molecule has 0 spiro atoms. The first-order valence-electron chi connectivity index (χ1n) is 7.98. The normalized spacial score (nSPS) is 23.3. The number of hydrogen-bond donors (Lipinski definition) is 1. The molecular formula is C17H22N2O4. The fraction of sp³-hybridized carbons (Fsp3) is 0.529. The predicted octanol–water partition coefficient (Wildman–Crippen LogP) is 1.31. The summed E-state index contributed by atoms with van der Waals surface area (Å²) in [6.07, 6.45) is 0.854. The predicted molar refractivity (Wildman–Crippen MR) is 84.8 cm³/mol. The van der Waals surface area contributed by atoms with Crippen LogP contribution in [0.2, 0.25) is 0 Å². The molecule has 1 unspecified atom stereocenters. The number of amides is 2. The molecule has 2 heterocycles. The molecule has 1 aromatic carbocycles. The average molecular weight is 318 g/mol. The molecule has 0 saturated carbocycles. The van der Waals surface area contributed by atoms with Crippen LogP contribution in [-0.4, -0.2) is 43.9 Å².